The zero-order valence-corrected chi connectivity index (χ0v) is 20.2. The van der Waals surface area contributed by atoms with Crippen molar-refractivity contribution in [2.75, 3.05) is 6.54 Å². The van der Waals surface area contributed by atoms with Gasteiger partial charge in [0.25, 0.3) is 0 Å². The van der Waals surface area contributed by atoms with Crippen molar-refractivity contribution in [2.24, 2.45) is 0 Å². The molecule has 0 atom stereocenters. The van der Waals surface area contributed by atoms with Gasteiger partial charge in [0.2, 0.25) is 0 Å². The number of hydrogen-bond acceptors (Lipinski definition) is 2. The van der Waals surface area contributed by atoms with Crippen molar-refractivity contribution in [1.29, 1.82) is 0 Å². The first kappa shape index (κ1) is 23.5. The number of rotatable bonds is 6. The summed E-state index contributed by atoms with van der Waals surface area (Å²) < 4.78 is 1.00. The topological polar surface area (TPSA) is 29.1 Å². The number of ketones is 1. The van der Waals surface area contributed by atoms with Gasteiger partial charge in [0.1, 0.15) is 0 Å². The van der Waals surface area contributed by atoms with Gasteiger partial charge in [0, 0.05) is 27.5 Å². The normalized spacial score (nSPS) is 22.4. The minimum atomic E-state index is 0. The first-order valence-corrected chi connectivity index (χ1v) is 11.7. The minimum absolute atomic E-state index is 0. The third-order valence-electron chi connectivity index (χ3n) is 6.54. The smallest absolute Gasteiger partial charge is 0.162 e. The number of fused-ring (bicyclic) bond motifs is 2. The van der Waals surface area contributed by atoms with Crippen molar-refractivity contribution in [3.63, 3.8) is 0 Å². The number of allylic oxidation sites excluding steroid dienone is 1. The van der Waals surface area contributed by atoms with Crippen LogP contribution in [-0.4, -0.2) is 18.4 Å². The summed E-state index contributed by atoms with van der Waals surface area (Å²) >= 11 is 9.85. The molecule has 2 nitrogen and oxygen atoms in total. The lowest BCUT2D eigenvalue weighted by molar-refractivity contribution is 0.0979. The van der Waals surface area contributed by atoms with Crippen LogP contribution in [0.3, 0.4) is 0 Å². The van der Waals surface area contributed by atoms with Crippen LogP contribution in [-0.2, 0) is 5.41 Å². The molecule has 30 heavy (non-hydrogen) atoms. The van der Waals surface area contributed by atoms with Crippen LogP contribution >= 0.6 is 39.9 Å². The molecule has 1 fully saturated rings. The highest BCUT2D eigenvalue weighted by atomic mass is 79.9. The van der Waals surface area contributed by atoms with E-state index in [1.54, 1.807) is 0 Å². The van der Waals surface area contributed by atoms with Gasteiger partial charge in [-0.15, -0.1) is 12.4 Å². The van der Waals surface area contributed by atoms with Gasteiger partial charge in [-0.2, -0.15) is 0 Å². The molecular formula is C25H28BrCl2NO. The first-order valence-electron chi connectivity index (χ1n) is 10.6. The molecule has 2 aromatic rings. The molecule has 1 spiro atoms. The van der Waals surface area contributed by atoms with Gasteiger partial charge in [0.15, 0.2) is 5.78 Å². The quantitative estimate of drug-likeness (QED) is 0.326. The molecular weight excluding hydrogens is 481 g/mol. The van der Waals surface area contributed by atoms with E-state index in [1.165, 1.54) is 36.8 Å². The summed E-state index contributed by atoms with van der Waals surface area (Å²) in [5.74, 6) is 0.226. The summed E-state index contributed by atoms with van der Waals surface area (Å²) in [7, 11) is 0. The molecule has 2 aromatic carbocycles. The predicted octanol–water partition coefficient (Wildman–Crippen LogP) is 7.37. The van der Waals surface area contributed by atoms with Crippen LogP contribution in [0.25, 0.3) is 6.08 Å². The number of benzene rings is 2. The fourth-order valence-corrected chi connectivity index (χ4v) is 5.37. The van der Waals surface area contributed by atoms with Crippen molar-refractivity contribution >= 4 is 51.8 Å². The highest BCUT2D eigenvalue weighted by Crippen LogP contribution is 2.47. The zero-order chi connectivity index (χ0) is 20.3. The summed E-state index contributed by atoms with van der Waals surface area (Å²) in [6.07, 6.45) is 11.8. The van der Waals surface area contributed by atoms with E-state index < -0.39 is 0 Å². The minimum Gasteiger partial charge on any atom is -0.314 e. The fourth-order valence-electron chi connectivity index (χ4n) is 4.86. The number of nitrogens with one attached hydrogen (secondary N) is 1. The van der Waals surface area contributed by atoms with Crippen molar-refractivity contribution in [3.05, 3.63) is 74.7 Å². The van der Waals surface area contributed by atoms with E-state index in [2.05, 4.69) is 45.5 Å². The molecule has 2 aliphatic carbocycles. The van der Waals surface area contributed by atoms with E-state index in [-0.39, 0.29) is 23.6 Å². The van der Waals surface area contributed by atoms with Gasteiger partial charge in [-0.1, -0.05) is 63.9 Å². The first-order chi connectivity index (χ1) is 14.1. The van der Waals surface area contributed by atoms with Crippen molar-refractivity contribution in [2.45, 2.75) is 56.4 Å². The number of halogens is 3. The van der Waals surface area contributed by atoms with Crippen molar-refractivity contribution < 1.29 is 4.79 Å². The van der Waals surface area contributed by atoms with Crippen LogP contribution in [0.1, 0.15) is 66.4 Å². The van der Waals surface area contributed by atoms with Gasteiger partial charge >= 0.3 is 0 Å². The summed E-state index contributed by atoms with van der Waals surface area (Å²) in [6.45, 7) is 0.905. The van der Waals surface area contributed by atoms with Gasteiger partial charge in [0.05, 0.1) is 0 Å². The summed E-state index contributed by atoms with van der Waals surface area (Å²) in [4.78, 5) is 12.3. The van der Waals surface area contributed by atoms with Crippen LogP contribution in [0.2, 0.25) is 5.02 Å². The SMILES string of the molecule is Cl.O=C(CCCNC1CCC2(CC=Cc3c(Cl)cccc32)CC1)c1ccc(Br)cc1. The Morgan fingerprint density at radius 2 is 1.87 bits per heavy atom. The Morgan fingerprint density at radius 3 is 2.60 bits per heavy atom. The number of hydrogen-bond donors (Lipinski definition) is 1. The van der Waals surface area contributed by atoms with Crippen LogP contribution in [0.15, 0.2) is 53.0 Å². The maximum absolute atomic E-state index is 12.3. The molecule has 160 valence electrons. The Balaban J connectivity index is 0.00000256. The van der Waals surface area contributed by atoms with Gasteiger partial charge in [-0.05, 0) is 79.8 Å². The molecule has 0 radical (unpaired) electrons. The third kappa shape index (κ3) is 5.19. The summed E-state index contributed by atoms with van der Waals surface area (Å²) in [5.41, 5.74) is 3.71. The summed E-state index contributed by atoms with van der Waals surface area (Å²) in [6, 6.07) is 14.5. The Labute approximate surface area is 199 Å². The maximum atomic E-state index is 12.3. The number of carbonyl (C=O) groups is 1. The fraction of sp³-hybridized carbons (Fsp3) is 0.400. The van der Waals surface area contributed by atoms with E-state index in [4.69, 9.17) is 11.6 Å². The summed E-state index contributed by atoms with van der Waals surface area (Å²) in [5, 5.41) is 4.56. The Bertz CT molecular complexity index is 902. The second-order valence-electron chi connectivity index (χ2n) is 8.35. The van der Waals surface area contributed by atoms with Crippen LogP contribution in [0.4, 0.5) is 0 Å². The van der Waals surface area contributed by atoms with E-state index in [0.29, 0.717) is 12.5 Å². The molecule has 5 heteroatoms. The molecule has 1 N–H and O–H groups in total. The highest BCUT2D eigenvalue weighted by molar-refractivity contribution is 9.10. The van der Waals surface area contributed by atoms with Crippen molar-refractivity contribution in [1.82, 2.24) is 5.32 Å². The van der Waals surface area contributed by atoms with Crippen molar-refractivity contribution in [3.8, 4) is 0 Å². The van der Waals surface area contributed by atoms with E-state index >= 15 is 0 Å². The maximum Gasteiger partial charge on any atom is 0.162 e. The van der Waals surface area contributed by atoms with E-state index in [9.17, 15) is 4.79 Å². The molecule has 0 aromatic heterocycles. The average molecular weight is 509 g/mol. The molecule has 1 saturated carbocycles. The standard InChI is InChI=1S/C25H27BrClNO.ClH/c26-19-10-8-18(9-11-19)24(29)7-3-17-28-20-12-15-25(16-13-20)14-2-4-21-22(25)5-1-6-23(21)27;/h1-2,4-6,8-11,20,28H,3,7,12-17H2;1H. The molecule has 0 unspecified atom stereocenters. The lowest BCUT2D eigenvalue weighted by Crippen LogP contribution is -2.41. The number of Topliss-reactive ketones (excluding diaryl/α,β-unsaturated/α-hetero) is 1. The Morgan fingerprint density at radius 1 is 1.13 bits per heavy atom. The highest BCUT2D eigenvalue weighted by Gasteiger charge is 2.38. The second-order valence-corrected chi connectivity index (χ2v) is 9.67. The van der Waals surface area contributed by atoms with Crippen LogP contribution < -0.4 is 5.32 Å². The molecule has 0 amide bonds. The molecule has 4 rings (SSSR count). The zero-order valence-electron chi connectivity index (χ0n) is 17.0. The van der Waals surface area contributed by atoms with Gasteiger partial charge in [-0.3, -0.25) is 4.79 Å². The monoisotopic (exact) mass is 507 g/mol. The number of carbonyl (C=O) groups excluding carboxylic acids is 1. The Kier molecular flexibility index (Phi) is 8.20. The average Bonchev–Trinajstić information content (AvgIpc) is 2.74. The van der Waals surface area contributed by atoms with Gasteiger partial charge < -0.3 is 5.32 Å². The Hall–Kier alpha value is -1.13. The molecule has 0 bridgehead atoms. The lowest BCUT2D eigenvalue weighted by atomic mass is 9.63. The van der Waals surface area contributed by atoms with Crippen LogP contribution in [0, 0.1) is 0 Å². The lowest BCUT2D eigenvalue weighted by Gasteiger charge is -2.43. The molecule has 0 saturated heterocycles. The molecule has 2 aliphatic rings. The van der Waals surface area contributed by atoms with E-state index in [1.807, 2.05) is 30.3 Å². The van der Waals surface area contributed by atoms with E-state index in [0.717, 1.165) is 34.4 Å². The molecule has 0 heterocycles. The molecule has 0 aliphatic heterocycles. The largest absolute Gasteiger partial charge is 0.314 e. The third-order valence-corrected chi connectivity index (χ3v) is 7.40. The van der Waals surface area contributed by atoms with Gasteiger partial charge in [-0.25, -0.2) is 0 Å². The second kappa shape index (κ2) is 10.5. The predicted molar refractivity (Wildman–Crippen MR) is 132 cm³/mol. The van der Waals surface area contributed by atoms with Crippen LogP contribution in [0.5, 0.6) is 0 Å².